The summed E-state index contributed by atoms with van der Waals surface area (Å²) in [5, 5.41) is 6.90. The van der Waals surface area contributed by atoms with Gasteiger partial charge in [-0.1, -0.05) is 24.1 Å². The second kappa shape index (κ2) is 12.1. The number of rotatable bonds is 8. The average molecular weight is 566 g/mol. The van der Waals surface area contributed by atoms with Crippen LogP contribution in [0.2, 0.25) is 5.02 Å². The van der Waals surface area contributed by atoms with Crippen LogP contribution in [-0.4, -0.2) is 58.7 Å². The van der Waals surface area contributed by atoms with E-state index in [4.69, 9.17) is 21.1 Å². The maximum Gasteiger partial charge on any atom is 0.248 e. The van der Waals surface area contributed by atoms with Crippen LogP contribution in [0.4, 0.5) is 21.6 Å². The molecule has 3 aromatic rings. The van der Waals surface area contributed by atoms with Gasteiger partial charge in [-0.2, -0.15) is 0 Å². The van der Waals surface area contributed by atoms with Gasteiger partial charge in [-0.15, -0.1) is 0 Å². The lowest BCUT2D eigenvalue weighted by Crippen LogP contribution is -2.32. The van der Waals surface area contributed by atoms with Crippen LogP contribution in [-0.2, 0) is 9.53 Å². The van der Waals surface area contributed by atoms with Gasteiger partial charge in [0.15, 0.2) is 0 Å². The number of fused-ring (bicyclic) bond motifs is 3. The molecule has 0 aliphatic carbocycles. The van der Waals surface area contributed by atoms with Gasteiger partial charge in [-0.3, -0.25) is 9.69 Å². The summed E-state index contributed by atoms with van der Waals surface area (Å²) in [6.07, 6.45) is 12.8. The summed E-state index contributed by atoms with van der Waals surface area (Å²) >= 11 is 5.98. The summed E-state index contributed by atoms with van der Waals surface area (Å²) in [7, 11) is 0. The third-order valence-electron chi connectivity index (χ3n) is 7.80. The molecule has 4 heterocycles. The first-order valence-corrected chi connectivity index (χ1v) is 14.4. The number of anilines is 3. The molecule has 1 aromatic heterocycles. The fourth-order valence-corrected chi connectivity index (χ4v) is 5.98. The van der Waals surface area contributed by atoms with Crippen molar-refractivity contribution in [3.8, 4) is 5.75 Å². The van der Waals surface area contributed by atoms with E-state index in [2.05, 4.69) is 25.5 Å². The van der Waals surface area contributed by atoms with Crippen LogP contribution < -0.4 is 15.4 Å². The summed E-state index contributed by atoms with van der Waals surface area (Å²) in [6.45, 7) is 2.88. The van der Waals surface area contributed by atoms with E-state index in [1.807, 2.05) is 18.2 Å². The second-order valence-corrected chi connectivity index (χ2v) is 11.2. The van der Waals surface area contributed by atoms with Crippen molar-refractivity contribution in [1.29, 1.82) is 0 Å². The lowest BCUT2D eigenvalue weighted by molar-refractivity contribution is -0.112. The van der Waals surface area contributed by atoms with Gasteiger partial charge in [0.05, 0.1) is 28.4 Å². The Bertz CT molecular complexity index is 1400. The van der Waals surface area contributed by atoms with Crippen LogP contribution >= 0.6 is 11.6 Å². The molecule has 0 spiro atoms. The topological polar surface area (TPSA) is 88.6 Å². The highest BCUT2D eigenvalue weighted by Gasteiger charge is 2.36. The lowest BCUT2D eigenvalue weighted by atomic mass is 10.1. The molecule has 0 radical (unpaired) electrons. The Morgan fingerprint density at radius 2 is 1.93 bits per heavy atom. The predicted molar refractivity (Wildman–Crippen MR) is 154 cm³/mol. The van der Waals surface area contributed by atoms with Gasteiger partial charge in [0.25, 0.3) is 0 Å². The van der Waals surface area contributed by atoms with Gasteiger partial charge in [-0.25, -0.2) is 14.4 Å². The summed E-state index contributed by atoms with van der Waals surface area (Å²) in [6, 6.07) is 8.04. The van der Waals surface area contributed by atoms with Crippen molar-refractivity contribution >= 4 is 45.6 Å². The highest BCUT2D eigenvalue weighted by Crippen LogP contribution is 2.38. The van der Waals surface area contributed by atoms with Crippen LogP contribution in [0.5, 0.6) is 5.75 Å². The molecule has 2 N–H and O–H groups in total. The highest BCUT2D eigenvalue weighted by atomic mass is 35.5. The van der Waals surface area contributed by atoms with Crippen molar-refractivity contribution in [1.82, 2.24) is 14.9 Å². The quantitative estimate of drug-likeness (QED) is 0.313. The molecular formula is C30H33ClFN5O3. The van der Waals surface area contributed by atoms with Crippen molar-refractivity contribution in [2.24, 2.45) is 0 Å². The first kappa shape index (κ1) is 26.9. The van der Waals surface area contributed by atoms with Gasteiger partial charge >= 0.3 is 0 Å². The number of likely N-dealkylation sites (tertiary alicyclic amines) is 1. The number of hydrogen-bond donors (Lipinski definition) is 2. The number of piperidine rings is 1. The molecule has 8 nitrogen and oxygen atoms in total. The number of halogens is 2. The first-order valence-electron chi connectivity index (χ1n) is 14.0. The number of hydrogen-bond acceptors (Lipinski definition) is 7. The third kappa shape index (κ3) is 6.37. The van der Waals surface area contributed by atoms with E-state index in [1.54, 1.807) is 12.1 Å². The Kier molecular flexibility index (Phi) is 8.13. The molecule has 3 aliphatic rings. The van der Waals surface area contributed by atoms with Gasteiger partial charge in [0, 0.05) is 42.6 Å². The van der Waals surface area contributed by atoms with E-state index in [0.717, 1.165) is 45.3 Å². The molecule has 210 valence electrons. The fourth-order valence-electron chi connectivity index (χ4n) is 5.80. The van der Waals surface area contributed by atoms with Crippen molar-refractivity contribution in [2.45, 2.75) is 63.3 Å². The van der Waals surface area contributed by atoms with Crippen LogP contribution in [0.1, 0.15) is 44.9 Å². The number of nitrogens with one attached hydrogen (secondary N) is 2. The Hall–Kier alpha value is -3.27. The van der Waals surface area contributed by atoms with Gasteiger partial charge in [-0.05, 0) is 63.0 Å². The zero-order valence-corrected chi connectivity index (χ0v) is 23.0. The molecule has 3 saturated heterocycles. The minimum atomic E-state index is -0.499. The predicted octanol–water partition coefficient (Wildman–Crippen LogP) is 6.24. The number of ether oxygens (including phenoxy) is 2. The average Bonchev–Trinajstić information content (AvgIpc) is 3.29. The molecule has 2 bridgehead atoms. The molecule has 2 atom stereocenters. The fraction of sp³-hybridized carbons (Fsp3) is 0.433. The van der Waals surface area contributed by atoms with E-state index >= 15 is 0 Å². The monoisotopic (exact) mass is 565 g/mol. The number of carbonyl (C=O) groups excluding carboxylic acids is 1. The van der Waals surface area contributed by atoms with Crippen molar-refractivity contribution in [3.63, 3.8) is 0 Å². The number of amides is 1. The van der Waals surface area contributed by atoms with Crippen molar-refractivity contribution in [3.05, 3.63) is 59.7 Å². The van der Waals surface area contributed by atoms with Crippen LogP contribution in [0, 0.1) is 5.82 Å². The van der Waals surface area contributed by atoms with Crippen molar-refractivity contribution in [2.75, 3.05) is 30.3 Å². The van der Waals surface area contributed by atoms with Crippen LogP contribution in [0.15, 0.2) is 48.8 Å². The Balaban J connectivity index is 1.27. The number of carbonyl (C=O) groups is 1. The summed E-state index contributed by atoms with van der Waals surface area (Å²) < 4.78 is 26.2. The largest absolute Gasteiger partial charge is 0.488 e. The number of nitrogens with zero attached hydrogens (tertiary/aromatic N) is 3. The van der Waals surface area contributed by atoms with E-state index in [9.17, 15) is 9.18 Å². The third-order valence-corrected chi connectivity index (χ3v) is 8.09. The van der Waals surface area contributed by atoms with Crippen LogP contribution in [0.3, 0.4) is 0 Å². The normalized spacial score (nSPS) is 23.0. The Labute approximate surface area is 237 Å². The zero-order chi connectivity index (χ0) is 27.5. The van der Waals surface area contributed by atoms with Gasteiger partial charge < -0.3 is 20.1 Å². The maximum atomic E-state index is 13.7. The molecule has 10 heteroatoms. The lowest BCUT2D eigenvalue weighted by Gasteiger charge is -2.29. The Morgan fingerprint density at radius 1 is 1.12 bits per heavy atom. The van der Waals surface area contributed by atoms with Gasteiger partial charge in [0.1, 0.15) is 29.8 Å². The summed E-state index contributed by atoms with van der Waals surface area (Å²) in [5.41, 5.74) is 1.76. The second-order valence-electron chi connectivity index (χ2n) is 10.8. The van der Waals surface area contributed by atoms with Gasteiger partial charge in [0.2, 0.25) is 5.91 Å². The molecule has 3 aliphatic heterocycles. The molecule has 2 unspecified atom stereocenters. The minimum Gasteiger partial charge on any atom is -0.488 e. The minimum absolute atomic E-state index is 0.00483. The smallest absolute Gasteiger partial charge is 0.248 e. The summed E-state index contributed by atoms with van der Waals surface area (Å²) in [4.78, 5) is 24.2. The Morgan fingerprint density at radius 3 is 2.70 bits per heavy atom. The molecule has 0 saturated carbocycles. The zero-order valence-electron chi connectivity index (χ0n) is 22.2. The molecule has 1 amide bonds. The molecular weight excluding hydrogens is 533 g/mol. The molecule has 6 rings (SSSR count). The van der Waals surface area contributed by atoms with E-state index in [0.29, 0.717) is 33.8 Å². The maximum absolute atomic E-state index is 13.7. The number of aromatic nitrogens is 2. The summed E-state index contributed by atoms with van der Waals surface area (Å²) in [5.74, 6) is 0.330. The van der Waals surface area contributed by atoms with Crippen molar-refractivity contribution < 1.29 is 18.7 Å². The molecule has 2 aromatic carbocycles. The molecule has 40 heavy (non-hydrogen) atoms. The highest BCUT2D eigenvalue weighted by molar-refractivity contribution is 6.31. The van der Waals surface area contributed by atoms with E-state index in [1.165, 1.54) is 37.7 Å². The standard InChI is InChI=1S/C30H33ClFN5O3/c31-24-13-19(6-9-25(24)32)35-30-23-16-27(36-29(38)5-4-12-37-10-2-1-3-11-37)28(17-26(23)33-18-34-30)40-22-14-20-7-8-21(15-22)39-20/h4-6,9,13,16-18,20-22H,1-3,7-8,10-12,14-15H2,(H,36,38)(H,33,34,35). The van der Waals surface area contributed by atoms with E-state index in [-0.39, 0.29) is 29.2 Å². The molecule has 3 fully saturated rings. The van der Waals surface area contributed by atoms with Crippen LogP contribution in [0.25, 0.3) is 10.9 Å². The van der Waals surface area contributed by atoms with E-state index < -0.39 is 5.82 Å². The SMILES string of the molecule is O=C(C=CCN1CCCCC1)Nc1cc2c(Nc3ccc(F)c(Cl)c3)ncnc2cc1OC1CC2CCC(C1)O2. The first-order chi connectivity index (χ1) is 19.5. The number of benzene rings is 2.